The number of hydrogen-bond donors (Lipinski definition) is 0. The maximum atomic E-state index is 12.8. The number of rotatable bonds is 44. The van der Waals surface area contributed by atoms with Crippen molar-refractivity contribution in [2.75, 3.05) is 13.2 Å². The molecule has 0 aliphatic carbocycles. The first-order valence-electron chi connectivity index (χ1n) is 25.8. The molecule has 0 aromatic rings. The monoisotopic (exact) mass is 897 g/mol. The highest BCUT2D eigenvalue weighted by Crippen LogP contribution is 2.12. The van der Waals surface area contributed by atoms with E-state index in [1.165, 1.54) is 44.9 Å². The van der Waals surface area contributed by atoms with Crippen molar-refractivity contribution in [3.05, 3.63) is 134 Å². The summed E-state index contributed by atoms with van der Waals surface area (Å²) in [6, 6.07) is 0. The molecule has 0 amide bonds. The zero-order valence-corrected chi connectivity index (χ0v) is 41.4. The van der Waals surface area contributed by atoms with Crippen molar-refractivity contribution < 1.29 is 28.6 Å². The van der Waals surface area contributed by atoms with E-state index in [0.717, 1.165) is 109 Å². The molecule has 0 spiro atoms. The highest BCUT2D eigenvalue weighted by Gasteiger charge is 2.19. The summed E-state index contributed by atoms with van der Waals surface area (Å²) in [6.07, 6.45) is 73.0. The van der Waals surface area contributed by atoms with Gasteiger partial charge in [-0.1, -0.05) is 219 Å². The van der Waals surface area contributed by atoms with Crippen LogP contribution in [0.2, 0.25) is 0 Å². The third-order valence-electron chi connectivity index (χ3n) is 10.2. The lowest BCUT2D eigenvalue weighted by molar-refractivity contribution is -0.166. The van der Waals surface area contributed by atoms with E-state index in [0.29, 0.717) is 19.3 Å². The summed E-state index contributed by atoms with van der Waals surface area (Å²) in [7, 11) is 0. The van der Waals surface area contributed by atoms with Crippen molar-refractivity contribution in [1.82, 2.24) is 0 Å². The molecule has 0 bridgehead atoms. The molecule has 0 saturated carbocycles. The average molecular weight is 897 g/mol. The van der Waals surface area contributed by atoms with Crippen molar-refractivity contribution in [2.45, 2.75) is 207 Å². The summed E-state index contributed by atoms with van der Waals surface area (Å²) in [6.45, 7) is 6.30. The van der Waals surface area contributed by atoms with Gasteiger partial charge < -0.3 is 14.2 Å². The van der Waals surface area contributed by atoms with Crippen LogP contribution in [0.4, 0.5) is 0 Å². The van der Waals surface area contributed by atoms with Gasteiger partial charge in [-0.3, -0.25) is 14.4 Å². The number of unbranched alkanes of at least 4 members (excludes halogenated alkanes) is 15. The maximum Gasteiger partial charge on any atom is 0.306 e. The summed E-state index contributed by atoms with van der Waals surface area (Å²) in [5.41, 5.74) is 0. The highest BCUT2D eigenvalue weighted by atomic mass is 16.6. The first kappa shape index (κ1) is 60.5. The maximum absolute atomic E-state index is 12.8. The van der Waals surface area contributed by atoms with Crippen LogP contribution in [0.15, 0.2) is 134 Å². The lowest BCUT2D eigenvalue weighted by atomic mass is 10.1. The second-order valence-corrected chi connectivity index (χ2v) is 16.5. The Bertz CT molecular complexity index is 1450. The summed E-state index contributed by atoms with van der Waals surface area (Å²) in [4.78, 5) is 38.0. The van der Waals surface area contributed by atoms with E-state index in [1.54, 1.807) is 0 Å². The molecule has 65 heavy (non-hydrogen) atoms. The average Bonchev–Trinajstić information content (AvgIpc) is 3.30. The fourth-order valence-electron chi connectivity index (χ4n) is 6.40. The first-order chi connectivity index (χ1) is 32.0. The summed E-state index contributed by atoms with van der Waals surface area (Å²) in [5.74, 6) is -1.06. The molecular formula is C59H92O6. The van der Waals surface area contributed by atoms with Crippen LogP contribution in [0.5, 0.6) is 0 Å². The van der Waals surface area contributed by atoms with Crippen LogP contribution in [0.25, 0.3) is 0 Å². The number of esters is 3. The van der Waals surface area contributed by atoms with Gasteiger partial charge in [-0.15, -0.1) is 0 Å². The van der Waals surface area contributed by atoms with Crippen molar-refractivity contribution >= 4 is 17.9 Å². The molecule has 0 rings (SSSR count). The minimum Gasteiger partial charge on any atom is -0.462 e. The molecule has 0 aromatic carbocycles. The fraction of sp³-hybridized carbons (Fsp3) is 0.576. The number of hydrogen-bond acceptors (Lipinski definition) is 6. The third-order valence-corrected chi connectivity index (χ3v) is 10.2. The Morgan fingerprint density at radius 3 is 1.22 bits per heavy atom. The normalized spacial score (nSPS) is 13.2. The van der Waals surface area contributed by atoms with Gasteiger partial charge in [-0.25, -0.2) is 0 Å². The zero-order valence-electron chi connectivity index (χ0n) is 41.4. The first-order valence-corrected chi connectivity index (χ1v) is 25.8. The van der Waals surface area contributed by atoms with Gasteiger partial charge in [0, 0.05) is 19.3 Å². The Labute approximate surface area is 398 Å². The van der Waals surface area contributed by atoms with Crippen LogP contribution in [0.1, 0.15) is 201 Å². The Balaban J connectivity index is 4.60. The van der Waals surface area contributed by atoms with E-state index in [1.807, 2.05) is 48.6 Å². The van der Waals surface area contributed by atoms with Gasteiger partial charge in [0.05, 0.1) is 0 Å². The molecule has 0 fully saturated rings. The summed E-state index contributed by atoms with van der Waals surface area (Å²) < 4.78 is 16.7. The van der Waals surface area contributed by atoms with E-state index in [9.17, 15) is 14.4 Å². The van der Waals surface area contributed by atoms with Crippen LogP contribution < -0.4 is 0 Å². The molecule has 0 heterocycles. The lowest BCUT2D eigenvalue weighted by Gasteiger charge is -2.18. The van der Waals surface area contributed by atoms with Gasteiger partial charge >= 0.3 is 17.9 Å². The van der Waals surface area contributed by atoms with Crippen molar-refractivity contribution in [3.8, 4) is 0 Å². The topological polar surface area (TPSA) is 78.9 Å². The van der Waals surface area contributed by atoms with Crippen molar-refractivity contribution in [2.24, 2.45) is 0 Å². The van der Waals surface area contributed by atoms with E-state index in [-0.39, 0.29) is 31.6 Å². The molecule has 364 valence electrons. The molecular weight excluding hydrogens is 805 g/mol. The van der Waals surface area contributed by atoms with Crippen LogP contribution >= 0.6 is 0 Å². The third kappa shape index (κ3) is 50.4. The molecule has 1 unspecified atom stereocenters. The Morgan fingerprint density at radius 1 is 0.338 bits per heavy atom. The van der Waals surface area contributed by atoms with E-state index in [4.69, 9.17) is 14.2 Å². The fourth-order valence-corrected chi connectivity index (χ4v) is 6.40. The zero-order chi connectivity index (χ0) is 47.2. The summed E-state index contributed by atoms with van der Waals surface area (Å²) in [5, 5.41) is 0. The van der Waals surface area contributed by atoms with E-state index >= 15 is 0 Å². The van der Waals surface area contributed by atoms with Crippen LogP contribution in [-0.2, 0) is 28.6 Å². The molecule has 6 heteroatoms. The quantitative estimate of drug-likeness (QED) is 0.0199. The minimum absolute atomic E-state index is 0.129. The molecule has 0 aromatic heterocycles. The van der Waals surface area contributed by atoms with Gasteiger partial charge in [0.2, 0.25) is 0 Å². The smallest absolute Gasteiger partial charge is 0.306 e. The molecule has 0 aliphatic heterocycles. The van der Waals surface area contributed by atoms with E-state index < -0.39 is 12.1 Å². The molecule has 0 aliphatic rings. The molecule has 0 saturated heterocycles. The van der Waals surface area contributed by atoms with Crippen molar-refractivity contribution in [3.63, 3.8) is 0 Å². The molecule has 6 nitrogen and oxygen atoms in total. The van der Waals surface area contributed by atoms with Crippen molar-refractivity contribution in [1.29, 1.82) is 0 Å². The van der Waals surface area contributed by atoms with Gasteiger partial charge in [0.25, 0.3) is 0 Å². The lowest BCUT2D eigenvalue weighted by Crippen LogP contribution is -2.30. The minimum atomic E-state index is -0.839. The molecule has 0 radical (unpaired) electrons. The van der Waals surface area contributed by atoms with Crippen LogP contribution in [0, 0.1) is 0 Å². The van der Waals surface area contributed by atoms with Crippen LogP contribution in [0.3, 0.4) is 0 Å². The standard InChI is InChI=1S/C59H92O6/c1-4-7-10-13-16-19-22-25-27-29-30-32-34-37-40-43-46-49-52-58(61)64-55-56(54-63-57(60)51-48-45-42-39-36-33-24-21-18-15-12-9-6-3)65-59(62)53-50-47-44-41-38-35-31-28-26-23-20-17-14-11-8-5-2/h8,10-11,13,16-17,19-20,22,25-30,32-33,35-36,38,44,47,56H,4-7,9,12,14-15,18,21,23-24,31,34,37,39-43,45-46,48-55H2,1-3H3/b11-8-,13-10-,19-16-,20-17-,25-22-,28-26-,29-27-,32-30-,36-33-,38-35-,47-44-. The Kier molecular flexibility index (Phi) is 48.6. The second kappa shape index (κ2) is 52.2. The van der Waals surface area contributed by atoms with E-state index in [2.05, 4.69) is 106 Å². The second-order valence-electron chi connectivity index (χ2n) is 16.5. The SMILES string of the molecule is CC/C=C\C/C=C\C/C=C\C/C=C\C/C=C\CCC(=O)OC(COC(=O)CCCCC/C=C\CCCCCCCC)COC(=O)CCCCCCC\C=C/C=C\C=C/C=C\C=C/CCC. The van der Waals surface area contributed by atoms with Gasteiger partial charge in [0.15, 0.2) is 6.10 Å². The van der Waals surface area contributed by atoms with Gasteiger partial charge in [-0.05, 0) is 96.3 Å². The number of ether oxygens (including phenoxy) is 3. The molecule has 1 atom stereocenters. The summed E-state index contributed by atoms with van der Waals surface area (Å²) >= 11 is 0. The largest absolute Gasteiger partial charge is 0.462 e. The predicted molar refractivity (Wildman–Crippen MR) is 279 cm³/mol. The Hall–Kier alpha value is -4.45. The number of carbonyl (C=O) groups excluding carboxylic acids is 3. The highest BCUT2D eigenvalue weighted by molar-refractivity contribution is 5.71. The van der Waals surface area contributed by atoms with Gasteiger partial charge in [0.1, 0.15) is 13.2 Å². The molecule has 0 N–H and O–H groups in total. The van der Waals surface area contributed by atoms with Gasteiger partial charge in [-0.2, -0.15) is 0 Å². The Morgan fingerprint density at radius 2 is 0.723 bits per heavy atom. The predicted octanol–water partition coefficient (Wildman–Crippen LogP) is 17.1. The number of carbonyl (C=O) groups is 3. The van der Waals surface area contributed by atoms with Crippen LogP contribution in [-0.4, -0.2) is 37.2 Å². The number of allylic oxidation sites excluding steroid dienone is 22.